The Morgan fingerprint density at radius 2 is 2.67 bits per heavy atom. The summed E-state index contributed by atoms with van der Waals surface area (Å²) in [5.41, 5.74) is 6.05. The first-order chi connectivity index (χ1) is 4.34. The molecule has 5 heteroatoms. The van der Waals surface area contributed by atoms with Crippen molar-refractivity contribution in [3.05, 3.63) is 11.1 Å². The third-order valence-corrected chi connectivity index (χ3v) is 1.48. The molecule has 50 valence electrons. The Kier molecular flexibility index (Phi) is 2.10. The molecule has 0 saturated carbocycles. The molecule has 0 aliphatic heterocycles. The van der Waals surface area contributed by atoms with Crippen LogP contribution in [0.25, 0.3) is 0 Å². The average Bonchev–Trinajstić information content (AvgIpc) is 2.37. The Balaban J connectivity index is 2.65. The lowest BCUT2D eigenvalue weighted by Gasteiger charge is -1.99. The van der Waals surface area contributed by atoms with Gasteiger partial charge in [-0.05, 0) is 11.5 Å². The van der Waals surface area contributed by atoms with E-state index >= 15 is 0 Å². The molecule has 1 atom stereocenters. The van der Waals surface area contributed by atoms with Crippen LogP contribution in [-0.4, -0.2) is 21.3 Å². The Morgan fingerprint density at radius 1 is 1.89 bits per heavy atom. The Labute approximate surface area is 56.5 Å². The van der Waals surface area contributed by atoms with Crippen molar-refractivity contribution in [2.24, 2.45) is 5.73 Å². The summed E-state index contributed by atoms with van der Waals surface area (Å²) in [6, 6.07) is -0.372. The molecule has 0 bridgehead atoms. The number of aliphatic hydroxyl groups is 1. The van der Waals surface area contributed by atoms with Crippen molar-refractivity contribution < 1.29 is 5.11 Å². The molecule has 1 heterocycles. The van der Waals surface area contributed by atoms with Gasteiger partial charge in [-0.1, -0.05) is 4.49 Å². The lowest BCUT2D eigenvalue weighted by molar-refractivity contribution is 0.266. The van der Waals surface area contributed by atoms with Crippen LogP contribution in [0.1, 0.15) is 11.7 Å². The number of aromatic nitrogens is 2. The van der Waals surface area contributed by atoms with Gasteiger partial charge in [-0.15, -0.1) is 5.10 Å². The third-order valence-electron chi connectivity index (χ3n) is 0.953. The van der Waals surface area contributed by atoms with Crippen molar-refractivity contribution in [2.45, 2.75) is 6.04 Å². The van der Waals surface area contributed by atoms with Gasteiger partial charge in [-0.25, -0.2) is 0 Å². The van der Waals surface area contributed by atoms with E-state index in [4.69, 9.17) is 10.8 Å². The number of aliphatic hydroxyl groups excluding tert-OH is 1. The predicted octanol–water partition coefficient (Wildman–Crippen LogP) is -0.470. The van der Waals surface area contributed by atoms with E-state index < -0.39 is 0 Å². The molecular formula is C4H7N3OS. The van der Waals surface area contributed by atoms with Gasteiger partial charge < -0.3 is 10.8 Å². The van der Waals surface area contributed by atoms with Gasteiger partial charge in [-0.3, -0.25) is 0 Å². The van der Waals surface area contributed by atoms with Gasteiger partial charge in [0, 0.05) is 5.38 Å². The maximum absolute atomic E-state index is 8.52. The summed E-state index contributed by atoms with van der Waals surface area (Å²) in [6.07, 6.45) is 0. The van der Waals surface area contributed by atoms with Crippen LogP contribution in [0.15, 0.2) is 5.38 Å². The highest BCUT2D eigenvalue weighted by Gasteiger charge is 2.05. The normalized spacial score (nSPS) is 13.6. The molecule has 4 nitrogen and oxygen atoms in total. The zero-order valence-electron chi connectivity index (χ0n) is 4.69. The van der Waals surface area contributed by atoms with Crippen LogP contribution in [0.2, 0.25) is 0 Å². The fourth-order valence-corrected chi connectivity index (χ4v) is 0.945. The van der Waals surface area contributed by atoms with E-state index in [2.05, 4.69) is 9.59 Å². The Morgan fingerprint density at radius 3 is 3.11 bits per heavy atom. The van der Waals surface area contributed by atoms with Crippen LogP contribution in [0, 0.1) is 0 Å². The molecule has 0 amide bonds. The summed E-state index contributed by atoms with van der Waals surface area (Å²) in [6.45, 7) is -0.0780. The first-order valence-electron chi connectivity index (χ1n) is 2.48. The zero-order chi connectivity index (χ0) is 6.69. The molecule has 0 aliphatic rings. The Bertz CT molecular complexity index is 164. The van der Waals surface area contributed by atoms with Crippen molar-refractivity contribution >= 4 is 11.5 Å². The highest BCUT2D eigenvalue weighted by molar-refractivity contribution is 7.03. The fraction of sp³-hybridized carbons (Fsp3) is 0.500. The number of hydrogen-bond acceptors (Lipinski definition) is 5. The second-order valence-corrected chi connectivity index (χ2v) is 2.23. The van der Waals surface area contributed by atoms with E-state index in [0.29, 0.717) is 5.69 Å². The molecule has 3 N–H and O–H groups in total. The van der Waals surface area contributed by atoms with Crippen LogP contribution < -0.4 is 5.73 Å². The molecule has 1 rings (SSSR count). The predicted molar refractivity (Wildman–Crippen MR) is 33.9 cm³/mol. The largest absolute Gasteiger partial charge is 0.394 e. The average molecular weight is 145 g/mol. The van der Waals surface area contributed by atoms with Crippen LogP contribution >= 0.6 is 11.5 Å². The summed E-state index contributed by atoms with van der Waals surface area (Å²) in [5.74, 6) is 0. The topological polar surface area (TPSA) is 72.0 Å². The molecular weight excluding hydrogens is 138 g/mol. The first-order valence-corrected chi connectivity index (χ1v) is 3.31. The fourth-order valence-electron chi connectivity index (χ4n) is 0.427. The van der Waals surface area contributed by atoms with Crippen molar-refractivity contribution in [3.63, 3.8) is 0 Å². The molecule has 0 spiro atoms. The minimum Gasteiger partial charge on any atom is -0.394 e. The van der Waals surface area contributed by atoms with Gasteiger partial charge in [0.1, 0.15) is 0 Å². The molecule has 0 fully saturated rings. The molecule has 0 saturated heterocycles. The summed E-state index contributed by atoms with van der Waals surface area (Å²) < 4.78 is 3.59. The van der Waals surface area contributed by atoms with E-state index in [0.717, 1.165) is 0 Å². The zero-order valence-corrected chi connectivity index (χ0v) is 5.51. The van der Waals surface area contributed by atoms with Gasteiger partial charge in [0.15, 0.2) is 0 Å². The minimum absolute atomic E-state index is 0.0780. The molecule has 0 aromatic carbocycles. The van der Waals surface area contributed by atoms with E-state index in [1.807, 2.05) is 0 Å². The van der Waals surface area contributed by atoms with Gasteiger partial charge in [-0.2, -0.15) is 0 Å². The van der Waals surface area contributed by atoms with E-state index in [9.17, 15) is 0 Å². The number of hydrogen-bond donors (Lipinski definition) is 2. The quantitative estimate of drug-likeness (QED) is 0.590. The second-order valence-electron chi connectivity index (χ2n) is 1.62. The van der Waals surface area contributed by atoms with Crippen molar-refractivity contribution in [2.75, 3.05) is 6.61 Å². The standard InChI is InChI=1S/C4H7N3OS/c5-3(1-8)4-2-9-7-6-4/h2-3,8H,1,5H2. The van der Waals surface area contributed by atoms with Gasteiger partial charge >= 0.3 is 0 Å². The molecule has 0 aliphatic carbocycles. The van der Waals surface area contributed by atoms with Gasteiger partial charge in [0.25, 0.3) is 0 Å². The highest BCUT2D eigenvalue weighted by atomic mass is 32.1. The van der Waals surface area contributed by atoms with E-state index in [1.165, 1.54) is 11.5 Å². The lowest BCUT2D eigenvalue weighted by atomic mass is 10.3. The Hall–Kier alpha value is -0.520. The second kappa shape index (κ2) is 2.86. The highest BCUT2D eigenvalue weighted by Crippen LogP contribution is 2.05. The maximum atomic E-state index is 8.52. The van der Waals surface area contributed by atoms with E-state index in [-0.39, 0.29) is 12.6 Å². The van der Waals surface area contributed by atoms with E-state index in [1.54, 1.807) is 5.38 Å². The van der Waals surface area contributed by atoms with Crippen molar-refractivity contribution in [3.8, 4) is 0 Å². The summed E-state index contributed by atoms with van der Waals surface area (Å²) in [4.78, 5) is 0. The van der Waals surface area contributed by atoms with Crippen LogP contribution in [0.4, 0.5) is 0 Å². The first kappa shape index (κ1) is 6.60. The maximum Gasteiger partial charge on any atom is 0.0946 e. The third kappa shape index (κ3) is 1.44. The smallest absolute Gasteiger partial charge is 0.0946 e. The SMILES string of the molecule is NC(CO)c1csnn1. The molecule has 1 aromatic rings. The monoisotopic (exact) mass is 145 g/mol. The summed E-state index contributed by atoms with van der Waals surface area (Å²) in [7, 11) is 0. The van der Waals surface area contributed by atoms with Crippen LogP contribution in [0.3, 0.4) is 0 Å². The lowest BCUT2D eigenvalue weighted by Crippen LogP contribution is -2.14. The van der Waals surface area contributed by atoms with Gasteiger partial charge in [0.2, 0.25) is 0 Å². The molecule has 0 radical (unpaired) electrons. The molecule has 1 unspecified atom stereocenters. The van der Waals surface area contributed by atoms with Crippen LogP contribution in [-0.2, 0) is 0 Å². The van der Waals surface area contributed by atoms with Crippen LogP contribution in [0.5, 0.6) is 0 Å². The number of rotatable bonds is 2. The van der Waals surface area contributed by atoms with Crippen molar-refractivity contribution in [1.82, 2.24) is 9.59 Å². The summed E-state index contributed by atoms with van der Waals surface area (Å²) >= 11 is 1.23. The minimum atomic E-state index is -0.372. The van der Waals surface area contributed by atoms with Crippen molar-refractivity contribution in [1.29, 1.82) is 0 Å². The molecule has 1 aromatic heterocycles. The van der Waals surface area contributed by atoms with Gasteiger partial charge in [0.05, 0.1) is 18.3 Å². The number of nitrogens with zero attached hydrogens (tertiary/aromatic N) is 2. The number of nitrogens with two attached hydrogens (primary N) is 1. The summed E-state index contributed by atoms with van der Waals surface area (Å²) in [5, 5.41) is 13.9. The molecule has 9 heavy (non-hydrogen) atoms.